The van der Waals surface area contributed by atoms with Gasteiger partial charge in [-0.1, -0.05) is 105 Å². The maximum absolute atomic E-state index is 6.57. The highest BCUT2D eigenvalue weighted by atomic mass is 16.5. The van der Waals surface area contributed by atoms with Crippen molar-refractivity contribution in [2.24, 2.45) is 0 Å². The van der Waals surface area contributed by atoms with E-state index in [4.69, 9.17) is 4.74 Å². The predicted molar refractivity (Wildman–Crippen MR) is 121 cm³/mol. The fourth-order valence-electron chi connectivity index (χ4n) is 3.93. The molecule has 148 valence electrons. The summed E-state index contributed by atoms with van der Waals surface area (Å²) < 4.78 is 6.57. The standard InChI is InChI=1S/C25H28O.C2H6/c1-20(26-24(2,3)4)25(21-14-8-5-9-15-21,22-16-10-6-11-17-22)23-18-12-7-13-19-23;1-2/h5-20H,1-4H3;1-2H3. The molecule has 0 radical (unpaired) electrons. The molecule has 1 atom stereocenters. The Labute approximate surface area is 171 Å². The second kappa shape index (κ2) is 9.71. The van der Waals surface area contributed by atoms with Gasteiger partial charge in [-0.2, -0.15) is 0 Å². The molecular formula is C27H34O. The van der Waals surface area contributed by atoms with Crippen LogP contribution in [-0.2, 0) is 10.2 Å². The van der Waals surface area contributed by atoms with Crippen LogP contribution in [0.15, 0.2) is 91.0 Å². The summed E-state index contributed by atoms with van der Waals surface area (Å²) >= 11 is 0. The number of hydrogen-bond acceptors (Lipinski definition) is 1. The maximum atomic E-state index is 6.57. The van der Waals surface area contributed by atoms with Crippen molar-refractivity contribution in [2.75, 3.05) is 0 Å². The second-order valence-corrected chi connectivity index (χ2v) is 7.78. The largest absolute Gasteiger partial charge is 0.371 e. The van der Waals surface area contributed by atoms with E-state index >= 15 is 0 Å². The first-order valence-electron chi connectivity index (χ1n) is 10.3. The molecule has 0 spiro atoms. The van der Waals surface area contributed by atoms with E-state index in [1.807, 2.05) is 13.8 Å². The molecule has 1 heteroatoms. The SMILES string of the molecule is CC.CC(OC(C)(C)C)C(c1ccccc1)(c1ccccc1)c1ccccc1. The summed E-state index contributed by atoms with van der Waals surface area (Å²) in [6, 6.07) is 32.1. The van der Waals surface area contributed by atoms with Crippen LogP contribution >= 0.6 is 0 Å². The van der Waals surface area contributed by atoms with Gasteiger partial charge >= 0.3 is 0 Å². The highest BCUT2D eigenvalue weighted by molar-refractivity contribution is 5.51. The lowest BCUT2D eigenvalue weighted by atomic mass is 9.66. The van der Waals surface area contributed by atoms with Crippen LogP contribution in [-0.4, -0.2) is 11.7 Å². The summed E-state index contributed by atoms with van der Waals surface area (Å²) in [7, 11) is 0. The van der Waals surface area contributed by atoms with E-state index in [2.05, 4.69) is 119 Å². The number of rotatable bonds is 5. The van der Waals surface area contributed by atoms with E-state index in [1.165, 1.54) is 16.7 Å². The first kappa shape index (κ1) is 21.9. The van der Waals surface area contributed by atoms with Crippen LogP contribution < -0.4 is 0 Å². The van der Waals surface area contributed by atoms with Gasteiger partial charge in [0.15, 0.2) is 0 Å². The molecule has 0 saturated carbocycles. The Bertz CT molecular complexity index is 704. The minimum Gasteiger partial charge on any atom is -0.371 e. The summed E-state index contributed by atoms with van der Waals surface area (Å²) in [5.41, 5.74) is 3.12. The van der Waals surface area contributed by atoms with Gasteiger partial charge in [-0.25, -0.2) is 0 Å². The highest BCUT2D eigenvalue weighted by Gasteiger charge is 2.43. The molecule has 1 unspecified atom stereocenters. The third-order valence-electron chi connectivity index (χ3n) is 4.83. The molecule has 0 heterocycles. The minimum atomic E-state index is -0.378. The van der Waals surface area contributed by atoms with Gasteiger partial charge in [-0.15, -0.1) is 0 Å². The fourth-order valence-corrected chi connectivity index (χ4v) is 3.93. The Kier molecular flexibility index (Phi) is 7.60. The molecule has 0 N–H and O–H groups in total. The van der Waals surface area contributed by atoms with Crippen LogP contribution in [0, 0.1) is 0 Å². The molecule has 0 saturated heterocycles. The fraction of sp³-hybridized carbons (Fsp3) is 0.333. The van der Waals surface area contributed by atoms with Gasteiger partial charge in [0.25, 0.3) is 0 Å². The summed E-state index contributed by atoms with van der Waals surface area (Å²) in [6.45, 7) is 12.6. The van der Waals surface area contributed by atoms with E-state index in [0.717, 1.165) is 0 Å². The average Bonchev–Trinajstić information content (AvgIpc) is 2.71. The summed E-state index contributed by atoms with van der Waals surface area (Å²) in [4.78, 5) is 0. The molecule has 0 aliphatic heterocycles. The van der Waals surface area contributed by atoms with Gasteiger partial charge in [0.2, 0.25) is 0 Å². The maximum Gasteiger partial charge on any atom is 0.0732 e. The zero-order chi connectivity index (χ0) is 20.6. The van der Waals surface area contributed by atoms with Crippen molar-refractivity contribution in [1.82, 2.24) is 0 Å². The van der Waals surface area contributed by atoms with Crippen LogP contribution in [0.4, 0.5) is 0 Å². The summed E-state index contributed by atoms with van der Waals surface area (Å²) in [6.07, 6.45) is -0.0466. The molecule has 0 aliphatic carbocycles. The van der Waals surface area contributed by atoms with Gasteiger partial charge in [-0.05, 0) is 44.4 Å². The van der Waals surface area contributed by atoms with E-state index in [0.29, 0.717) is 0 Å². The molecule has 0 aromatic heterocycles. The van der Waals surface area contributed by atoms with Gasteiger partial charge in [0, 0.05) is 0 Å². The topological polar surface area (TPSA) is 9.23 Å². The van der Waals surface area contributed by atoms with Gasteiger partial charge in [-0.3, -0.25) is 0 Å². The van der Waals surface area contributed by atoms with Crippen molar-refractivity contribution < 1.29 is 4.74 Å². The predicted octanol–water partition coefficient (Wildman–Crippen LogP) is 7.25. The molecule has 0 fully saturated rings. The molecule has 28 heavy (non-hydrogen) atoms. The zero-order valence-electron chi connectivity index (χ0n) is 18.1. The quantitative estimate of drug-likeness (QED) is 0.427. The van der Waals surface area contributed by atoms with Gasteiger partial charge < -0.3 is 4.74 Å². The molecule has 0 aliphatic rings. The highest BCUT2D eigenvalue weighted by Crippen LogP contribution is 2.44. The van der Waals surface area contributed by atoms with E-state index < -0.39 is 0 Å². The van der Waals surface area contributed by atoms with Crippen molar-refractivity contribution in [3.8, 4) is 0 Å². The lowest BCUT2D eigenvalue weighted by Crippen LogP contribution is -2.45. The van der Waals surface area contributed by atoms with Crippen LogP contribution in [0.25, 0.3) is 0 Å². The third kappa shape index (κ3) is 4.72. The number of benzene rings is 3. The van der Waals surface area contributed by atoms with Gasteiger partial charge in [0.05, 0.1) is 17.1 Å². The van der Waals surface area contributed by atoms with Gasteiger partial charge in [0.1, 0.15) is 0 Å². The van der Waals surface area contributed by atoms with Crippen molar-refractivity contribution in [3.05, 3.63) is 108 Å². The Morgan fingerprint density at radius 1 is 0.571 bits per heavy atom. The van der Waals surface area contributed by atoms with Crippen molar-refractivity contribution >= 4 is 0 Å². The Morgan fingerprint density at radius 3 is 1.11 bits per heavy atom. The summed E-state index contributed by atoms with van der Waals surface area (Å²) in [5.74, 6) is 0. The van der Waals surface area contributed by atoms with Crippen LogP contribution in [0.1, 0.15) is 58.2 Å². The molecule has 0 bridgehead atoms. The van der Waals surface area contributed by atoms with Crippen LogP contribution in [0.3, 0.4) is 0 Å². The molecule has 3 aromatic carbocycles. The monoisotopic (exact) mass is 374 g/mol. The van der Waals surface area contributed by atoms with Crippen LogP contribution in [0.5, 0.6) is 0 Å². The zero-order valence-corrected chi connectivity index (χ0v) is 18.1. The first-order chi connectivity index (χ1) is 13.4. The molecule has 3 aromatic rings. The first-order valence-corrected chi connectivity index (χ1v) is 10.3. The normalized spacial score (nSPS) is 12.6. The van der Waals surface area contributed by atoms with Crippen molar-refractivity contribution in [2.45, 2.75) is 58.7 Å². The third-order valence-corrected chi connectivity index (χ3v) is 4.83. The summed E-state index contributed by atoms with van der Waals surface area (Å²) in [5, 5.41) is 0. The lowest BCUT2D eigenvalue weighted by molar-refractivity contribution is -0.0711. The molecular weight excluding hydrogens is 340 g/mol. The molecule has 0 amide bonds. The number of ether oxygens (including phenoxy) is 1. The van der Waals surface area contributed by atoms with Crippen molar-refractivity contribution in [3.63, 3.8) is 0 Å². The Morgan fingerprint density at radius 2 is 0.857 bits per heavy atom. The smallest absolute Gasteiger partial charge is 0.0732 e. The number of hydrogen-bond donors (Lipinski definition) is 0. The second-order valence-electron chi connectivity index (χ2n) is 7.78. The average molecular weight is 375 g/mol. The lowest BCUT2D eigenvalue weighted by Gasteiger charge is -2.43. The minimum absolute atomic E-state index is 0.0466. The van der Waals surface area contributed by atoms with E-state index in [1.54, 1.807) is 0 Å². The molecule has 3 rings (SSSR count). The van der Waals surface area contributed by atoms with Crippen molar-refractivity contribution in [1.29, 1.82) is 0 Å². The Balaban J connectivity index is 0.00000136. The van der Waals surface area contributed by atoms with E-state index in [-0.39, 0.29) is 17.1 Å². The molecule has 1 nitrogen and oxygen atoms in total. The van der Waals surface area contributed by atoms with Crippen LogP contribution in [0.2, 0.25) is 0 Å². The van der Waals surface area contributed by atoms with E-state index in [9.17, 15) is 0 Å². The Hall–Kier alpha value is -2.38.